The van der Waals surface area contributed by atoms with Crippen LogP contribution in [0.1, 0.15) is 38.0 Å². The van der Waals surface area contributed by atoms with E-state index in [9.17, 15) is 32.9 Å². The number of aromatic nitrogens is 1. The molecule has 0 bridgehead atoms. The Morgan fingerprint density at radius 1 is 1.23 bits per heavy atom. The molecule has 1 aromatic carbocycles. The summed E-state index contributed by atoms with van der Waals surface area (Å²) in [5, 5.41) is 14.1. The number of benzene rings is 1. The molecular formula is C21H21F3IN3O7. The van der Waals surface area contributed by atoms with Crippen LogP contribution >= 0.6 is 22.6 Å². The molecule has 0 radical (unpaired) electrons. The van der Waals surface area contributed by atoms with E-state index in [1.807, 2.05) is 0 Å². The van der Waals surface area contributed by atoms with Crippen LogP contribution in [0.2, 0.25) is 0 Å². The molecule has 10 nitrogen and oxygen atoms in total. The van der Waals surface area contributed by atoms with Gasteiger partial charge in [-0.25, -0.2) is 14.6 Å². The molecule has 2 rings (SSSR count). The van der Waals surface area contributed by atoms with Gasteiger partial charge in [0, 0.05) is 27.8 Å². The number of hydrogen-bond acceptors (Lipinski definition) is 8. The third kappa shape index (κ3) is 7.93. The van der Waals surface area contributed by atoms with Crippen molar-refractivity contribution in [3.05, 3.63) is 55.3 Å². The molecule has 0 fully saturated rings. The highest BCUT2D eigenvalue weighted by molar-refractivity contribution is 14.1. The summed E-state index contributed by atoms with van der Waals surface area (Å²) in [5.74, 6) is -2.59. The van der Waals surface area contributed by atoms with Crippen molar-refractivity contribution in [3.63, 3.8) is 0 Å². The summed E-state index contributed by atoms with van der Waals surface area (Å²) in [7, 11) is 1.23. The van der Waals surface area contributed by atoms with E-state index in [0.29, 0.717) is 3.57 Å². The quantitative estimate of drug-likeness (QED) is 0.192. The minimum absolute atomic E-state index is 0.0125. The summed E-state index contributed by atoms with van der Waals surface area (Å²) in [4.78, 5) is 38.5. The SMILES string of the molecule is COc1nccc(I)c1[C@@H](Cc1ccc(NC(=O)OC(C)(C)C)cc1[N+](=O)[O-])OC(=O)C(F)(F)F. The van der Waals surface area contributed by atoms with E-state index in [4.69, 9.17) is 14.2 Å². The number of halogens is 4. The van der Waals surface area contributed by atoms with Gasteiger partial charge in [0.15, 0.2) is 0 Å². The van der Waals surface area contributed by atoms with Gasteiger partial charge in [0.25, 0.3) is 5.69 Å². The number of methoxy groups -OCH3 is 1. The van der Waals surface area contributed by atoms with Gasteiger partial charge in [0.05, 0.1) is 23.3 Å². The van der Waals surface area contributed by atoms with E-state index < -0.39 is 47.0 Å². The smallest absolute Gasteiger partial charge is 0.481 e. The highest BCUT2D eigenvalue weighted by atomic mass is 127. The monoisotopic (exact) mass is 611 g/mol. The molecule has 1 amide bonds. The Kier molecular flexibility index (Phi) is 8.86. The predicted molar refractivity (Wildman–Crippen MR) is 125 cm³/mol. The van der Waals surface area contributed by atoms with Gasteiger partial charge in [-0.15, -0.1) is 0 Å². The minimum atomic E-state index is -5.30. The lowest BCUT2D eigenvalue weighted by Crippen LogP contribution is -2.28. The van der Waals surface area contributed by atoms with Crippen molar-refractivity contribution in [2.24, 2.45) is 0 Å². The van der Waals surface area contributed by atoms with E-state index in [1.165, 1.54) is 31.5 Å². The average Bonchev–Trinajstić information content (AvgIpc) is 2.71. The van der Waals surface area contributed by atoms with Gasteiger partial charge < -0.3 is 14.2 Å². The number of nitro groups is 1. The number of nitro benzene ring substituents is 1. The van der Waals surface area contributed by atoms with E-state index in [-0.39, 0.29) is 22.7 Å². The molecule has 0 aliphatic heterocycles. The number of anilines is 1. The summed E-state index contributed by atoms with van der Waals surface area (Å²) in [6.45, 7) is 4.90. The number of carbonyl (C=O) groups is 2. The van der Waals surface area contributed by atoms with Crippen LogP contribution in [0.5, 0.6) is 5.88 Å². The zero-order valence-electron chi connectivity index (χ0n) is 18.9. The molecule has 190 valence electrons. The summed E-state index contributed by atoms with van der Waals surface area (Å²) >= 11 is 1.80. The number of nitrogens with zero attached hydrogens (tertiary/aromatic N) is 2. The maximum absolute atomic E-state index is 13.0. The summed E-state index contributed by atoms with van der Waals surface area (Å²) < 4.78 is 54.2. The molecule has 0 aliphatic carbocycles. The molecule has 1 N–H and O–H groups in total. The second-order valence-corrected chi connectivity index (χ2v) is 9.20. The van der Waals surface area contributed by atoms with Gasteiger partial charge in [-0.05, 0) is 61.6 Å². The van der Waals surface area contributed by atoms with Crippen LogP contribution in [-0.4, -0.2) is 40.9 Å². The Balaban J connectivity index is 2.48. The summed E-state index contributed by atoms with van der Waals surface area (Å²) in [6.07, 6.45) is -6.95. The topological polar surface area (TPSA) is 130 Å². The number of pyridine rings is 1. The molecule has 1 heterocycles. The second kappa shape index (κ2) is 11.0. The van der Waals surface area contributed by atoms with Gasteiger partial charge in [0.1, 0.15) is 11.7 Å². The fraction of sp³-hybridized carbons (Fsp3) is 0.381. The van der Waals surface area contributed by atoms with Gasteiger partial charge in [-0.2, -0.15) is 13.2 Å². The van der Waals surface area contributed by atoms with E-state index in [2.05, 4.69) is 10.3 Å². The van der Waals surface area contributed by atoms with Gasteiger partial charge in [0.2, 0.25) is 5.88 Å². The van der Waals surface area contributed by atoms with Crippen LogP contribution in [0.15, 0.2) is 30.5 Å². The maximum Gasteiger partial charge on any atom is 0.490 e. The Morgan fingerprint density at radius 2 is 1.89 bits per heavy atom. The standard InChI is InChI=1S/C21H21F3IN3O7/c1-20(2,3)35-19(30)27-12-6-5-11(14(10-12)28(31)32)9-15(34-18(29)21(22,23)24)16-13(25)7-8-26-17(16)33-4/h5-8,10,15H,9H2,1-4H3,(H,27,30)/t15-/m1/s1. The fourth-order valence-electron chi connectivity index (χ4n) is 2.89. The third-order valence-corrected chi connectivity index (χ3v) is 5.17. The highest BCUT2D eigenvalue weighted by Crippen LogP contribution is 2.37. The number of amides is 1. The number of carbonyl (C=O) groups excluding carboxylic acids is 2. The maximum atomic E-state index is 13.0. The van der Waals surface area contributed by atoms with Crippen molar-refractivity contribution in [3.8, 4) is 5.88 Å². The zero-order chi connectivity index (χ0) is 26.6. The lowest BCUT2D eigenvalue weighted by Gasteiger charge is -2.22. The molecule has 1 atom stereocenters. The Hall–Kier alpha value is -3.17. The molecule has 2 aromatic rings. The first-order valence-electron chi connectivity index (χ1n) is 9.86. The average molecular weight is 611 g/mol. The third-order valence-electron chi connectivity index (χ3n) is 4.23. The molecule has 0 unspecified atom stereocenters. The minimum Gasteiger partial charge on any atom is -0.481 e. The molecule has 35 heavy (non-hydrogen) atoms. The van der Waals surface area contributed by atoms with Crippen LogP contribution in [0.25, 0.3) is 0 Å². The number of hydrogen-bond donors (Lipinski definition) is 1. The Bertz CT molecular complexity index is 1120. The fourth-order valence-corrected chi connectivity index (χ4v) is 3.63. The predicted octanol–water partition coefficient (Wildman–Crippen LogP) is 5.34. The number of alkyl halides is 3. The van der Waals surface area contributed by atoms with Gasteiger partial charge in [-0.3, -0.25) is 15.4 Å². The van der Waals surface area contributed by atoms with Crippen LogP contribution < -0.4 is 10.1 Å². The Morgan fingerprint density at radius 3 is 2.43 bits per heavy atom. The molecular weight excluding hydrogens is 590 g/mol. The lowest BCUT2D eigenvalue weighted by molar-refractivity contribution is -0.385. The normalized spacial score (nSPS) is 12.5. The van der Waals surface area contributed by atoms with Crippen molar-refractivity contribution >= 4 is 46.0 Å². The number of ether oxygens (including phenoxy) is 3. The summed E-state index contributed by atoms with van der Waals surface area (Å²) in [5.41, 5.74) is -1.37. The highest BCUT2D eigenvalue weighted by Gasteiger charge is 2.43. The van der Waals surface area contributed by atoms with Gasteiger partial charge in [-0.1, -0.05) is 0 Å². The summed E-state index contributed by atoms with van der Waals surface area (Å²) in [6, 6.07) is 5.01. The van der Waals surface area contributed by atoms with E-state index in [0.717, 1.165) is 6.07 Å². The van der Waals surface area contributed by atoms with Crippen LogP contribution in [0, 0.1) is 13.7 Å². The van der Waals surface area contributed by atoms with E-state index in [1.54, 1.807) is 43.4 Å². The molecule has 0 saturated heterocycles. The largest absolute Gasteiger partial charge is 0.490 e. The van der Waals surface area contributed by atoms with Crippen LogP contribution in [0.4, 0.5) is 29.3 Å². The van der Waals surface area contributed by atoms with Crippen LogP contribution in [0.3, 0.4) is 0 Å². The van der Waals surface area contributed by atoms with Gasteiger partial charge >= 0.3 is 18.2 Å². The molecule has 1 aromatic heterocycles. The zero-order valence-corrected chi connectivity index (χ0v) is 21.1. The van der Waals surface area contributed by atoms with Crippen molar-refractivity contribution in [1.82, 2.24) is 4.98 Å². The first kappa shape index (κ1) is 28.1. The van der Waals surface area contributed by atoms with Crippen molar-refractivity contribution in [2.45, 2.75) is 45.1 Å². The number of esters is 1. The molecule has 0 saturated carbocycles. The Labute approximate surface area is 211 Å². The molecule has 0 aliphatic rings. The van der Waals surface area contributed by atoms with E-state index >= 15 is 0 Å². The van der Waals surface area contributed by atoms with Crippen molar-refractivity contribution in [1.29, 1.82) is 0 Å². The molecule has 0 spiro atoms. The number of rotatable bonds is 7. The van der Waals surface area contributed by atoms with Crippen molar-refractivity contribution in [2.75, 3.05) is 12.4 Å². The lowest BCUT2D eigenvalue weighted by atomic mass is 10.00. The van der Waals surface area contributed by atoms with Crippen molar-refractivity contribution < 1.29 is 41.9 Å². The molecule has 14 heteroatoms. The first-order chi connectivity index (χ1) is 16.1. The number of nitrogens with one attached hydrogen (secondary N) is 1. The first-order valence-corrected chi connectivity index (χ1v) is 10.9. The second-order valence-electron chi connectivity index (χ2n) is 8.04. The van der Waals surface area contributed by atoms with Crippen LogP contribution in [-0.2, 0) is 20.7 Å².